The van der Waals surface area contributed by atoms with Crippen LogP contribution >= 0.6 is 11.8 Å². The standard InChI is InChI=1S/C16H18N4O4S2/c1-20-15(7-11-4-6-26(21,22)10-11)17-18-16(20)25-9-12-8-14(24-19-12)13-3-2-5-23-13/h2-3,5,8,11H,4,6-7,9-10H2,1H3/t11-/m0/s1. The topological polar surface area (TPSA) is 104 Å². The Hall–Kier alpha value is -2.07. The van der Waals surface area contributed by atoms with E-state index < -0.39 is 9.84 Å². The van der Waals surface area contributed by atoms with Crippen LogP contribution in [0.15, 0.2) is 38.6 Å². The molecule has 1 atom stereocenters. The highest BCUT2D eigenvalue weighted by atomic mass is 32.2. The number of thioether (sulfide) groups is 1. The maximum absolute atomic E-state index is 11.6. The van der Waals surface area contributed by atoms with E-state index in [2.05, 4.69) is 15.4 Å². The maximum atomic E-state index is 11.6. The van der Waals surface area contributed by atoms with Crippen LogP contribution in [0.2, 0.25) is 0 Å². The van der Waals surface area contributed by atoms with E-state index >= 15 is 0 Å². The van der Waals surface area contributed by atoms with E-state index in [1.54, 1.807) is 12.3 Å². The van der Waals surface area contributed by atoms with Crippen LogP contribution in [0.5, 0.6) is 0 Å². The molecule has 138 valence electrons. The predicted octanol–water partition coefficient (Wildman–Crippen LogP) is 2.33. The van der Waals surface area contributed by atoms with Crippen molar-refractivity contribution in [1.29, 1.82) is 0 Å². The lowest BCUT2D eigenvalue weighted by Gasteiger charge is -2.07. The van der Waals surface area contributed by atoms with Gasteiger partial charge in [-0.2, -0.15) is 0 Å². The van der Waals surface area contributed by atoms with Gasteiger partial charge in [0.2, 0.25) is 5.76 Å². The molecular formula is C16H18N4O4S2. The van der Waals surface area contributed by atoms with E-state index in [1.807, 2.05) is 23.7 Å². The smallest absolute Gasteiger partial charge is 0.202 e. The Morgan fingerprint density at radius 1 is 1.35 bits per heavy atom. The third-order valence-electron chi connectivity index (χ3n) is 4.40. The summed E-state index contributed by atoms with van der Waals surface area (Å²) in [4.78, 5) is 0. The van der Waals surface area contributed by atoms with Crippen LogP contribution in [0.25, 0.3) is 11.5 Å². The van der Waals surface area contributed by atoms with Crippen molar-refractivity contribution in [1.82, 2.24) is 19.9 Å². The number of hydrogen-bond donors (Lipinski definition) is 0. The number of rotatable bonds is 6. The molecule has 1 aliphatic heterocycles. The van der Waals surface area contributed by atoms with Crippen LogP contribution in [-0.4, -0.2) is 39.8 Å². The number of furan rings is 1. The normalized spacial score (nSPS) is 19.2. The Morgan fingerprint density at radius 3 is 2.96 bits per heavy atom. The molecule has 0 saturated carbocycles. The number of hydrogen-bond acceptors (Lipinski definition) is 8. The van der Waals surface area contributed by atoms with Crippen molar-refractivity contribution in [3.63, 3.8) is 0 Å². The molecule has 10 heteroatoms. The second-order valence-electron chi connectivity index (χ2n) is 6.38. The van der Waals surface area contributed by atoms with Crippen molar-refractivity contribution in [2.45, 2.75) is 23.8 Å². The zero-order valence-corrected chi connectivity index (χ0v) is 15.8. The molecule has 4 heterocycles. The summed E-state index contributed by atoms with van der Waals surface area (Å²) in [6.45, 7) is 0. The third-order valence-corrected chi connectivity index (χ3v) is 7.29. The SMILES string of the molecule is Cn1c(C[C@@H]2CCS(=O)(=O)C2)nnc1SCc1cc(-c2ccco2)on1. The Labute approximate surface area is 154 Å². The molecule has 1 fully saturated rings. The lowest BCUT2D eigenvalue weighted by molar-refractivity contribution is 0.413. The van der Waals surface area contributed by atoms with E-state index in [1.165, 1.54) is 11.8 Å². The van der Waals surface area contributed by atoms with E-state index in [-0.39, 0.29) is 17.4 Å². The van der Waals surface area contributed by atoms with Gasteiger partial charge in [-0.1, -0.05) is 16.9 Å². The first-order chi connectivity index (χ1) is 12.5. The fourth-order valence-electron chi connectivity index (χ4n) is 2.99. The monoisotopic (exact) mass is 394 g/mol. The van der Waals surface area contributed by atoms with Crippen LogP contribution < -0.4 is 0 Å². The zero-order chi connectivity index (χ0) is 18.1. The van der Waals surface area contributed by atoms with Crippen molar-refractivity contribution in [2.75, 3.05) is 11.5 Å². The summed E-state index contributed by atoms with van der Waals surface area (Å²) in [7, 11) is -0.972. The lowest BCUT2D eigenvalue weighted by Crippen LogP contribution is -2.11. The molecule has 1 saturated heterocycles. The molecule has 0 aliphatic carbocycles. The predicted molar refractivity (Wildman–Crippen MR) is 95.2 cm³/mol. The molecule has 0 amide bonds. The van der Waals surface area contributed by atoms with Gasteiger partial charge in [-0.15, -0.1) is 10.2 Å². The van der Waals surface area contributed by atoms with E-state index in [4.69, 9.17) is 8.94 Å². The summed E-state index contributed by atoms with van der Waals surface area (Å²) in [6, 6.07) is 5.45. The molecule has 3 aromatic heterocycles. The van der Waals surface area contributed by atoms with Crippen molar-refractivity contribution < 1.29 is 17.4 Å². The first kappa shape index (κ1) is 17.3. The van der Waals surface area contributed by atoms with Gasteiger partial charge in [0.1, 0.15) is 5.82 Å². The largest absolute Gasteiger partial charge is 0.461 e. The van der Waals surface area contributed by atoms with Crippen LogP contribution in [0.4, 0.5) is 0 Å². The summed E-state index contributed by atoms with van der Waals surface area (Å²) in [5.74, 6) is 3.29. The fourth-order valence-corrected chi connectivity index (χ4v) is 5.67. The Morgan fingerprint density at radius 2 is 2.23 bits per heavy atom. The third kappa shape index (κ3) is 3.70. The highest BCUT2D eigenvalue weighted by Crippen LogP contribution is 2.27. The number of nitrogens with zero attached hydrogens (tertiary/aromatic N) is 4. The number of aromatic nitrogens is 4. The summed E-state index contributed by atoms with van der Waals surface area (Å²) < 4.78 is 35.7. The van der Waals surface area contributed by atoms with Gasteiger partial charge in [0.05, 0.1) is 23.5 Å². The van der Waals surface area contributed by atoms with Gasteiger partial charge >= 0.3 is 0 Å². The van der Waals surface area contributed by atoms with Gasteiger partial charge in [-0.3, -0.25) is 0 Å². The fraction of sp³-hybridized carbons (Fsp3) is 0.438. The highest BCUT2D eigenvalue weighted by molar-refractivity contribution is 7.98. The van der Waals surface area contributed by atoms with Crippen LogP contribution in [0, 0.1) is 5.92 Å². The van der Waals surface area contributed by atoms with Gasteiger partial charge in [0.25, 0.3) is 0 Å². The molecule has 0 radical (unpaired) electrons. The Bertz CT molecular complexity index is 992. The summed E-state index contributed by atoms with van der Waals surface area (Å²) in [5, 5.41) is 13.2. The Kier molecular flexibility index (Phi) is 4.62. The van der Waals surface area contributed by atoms with Crippen LogP contribution in [0.1, 0.15) is 17.9 Å². The van der Waals surface area contributed by atoms with E-state index in [0.717, 1.165) is 16.7 Å². The summed E-state index contributed by atoms with van der Waals surface area (Å²) in [5.41, 5.74) is 0.785. The van der Waals surface area contributed by atoms with Gasteiger partial charge in [-0.05, 0) is 24.5 Å². The lowest BCUT2D eigenvalue weighted by atomic mass is 10.1. The highest BCUT2D eigenvalue weighted by Gasteiger charge is 2.29. The molecular weight excluding hydrogens is 376 g/mol. The molecule has 0 unspecified atom stereocenters. The first-order valence-corrected chi connectivity index (χ1v) is 11.0. The van der Waals surface area contributed by atoms with E-state index in [0.29, 0.717) is 30.1 Å². The minimum Gasteiger partial charge on any atom is -0.461 e. The minimum atomic E-state index is -2.87. The molecule has 26 heavy (non-hydrogen) atoms. The van der Waals surface area contributed by atoms with Gasteiger partial charge in [-0.25, -0.2) is 8.42 Å². The molecule has 0 aromatic carbocycles. The van der Waals surface area contributed by atoms with Crippen LogP contribution in [0.3, 0.4) is 0 Å². The quantitative estimate of drug-likeness (QED) is 0.587. The van der Waals surface area contributed by atoms with Gasteiger partial charge in [0.15, 0.2) is 20.8 Å². The second-order valence-corrected chi connectivity index (χ2v) is 9.55. The maximum Gasteiger partial charge on any atom is 0.202 e. The van der Waals surface area contributed by atoms with Crippen molar-refractivity contribution in [3.05, 3.63) is 36.0 Å². The zero-order valence-electron chi connectivity index (χ0n) is 14.2. The van der Waals surface area contributed by atoms with Crippen LogP contribution in [-0.2, 0) is 29.1 Å². The van der Waals surface area contributed by atoms with Crippen molar-refractivity contribution >= 4 is 21.6 Å². The average molecular weight is 394 g/mol. The van der Waals surface area contributed by atoms with E-state index in [9.17, 15) is 8.42 Å². The molecule has 3 aromatic rings. The van der Waals surface area contributed by atoms with Gasteiger partial charge < -0.3 is 13.5 Å². The summed E-state index contributed by atoms with van der Waals surface area (Å²) in [6.07, 6.45) is 2.92. The summed E-state index contributed by atoms with van der Waals surface area (Å²) >= 11 is 1.51. The molecule has 8 nitrogen and oxygen atoms in total. The average Bonchev–Trinajstić information content (AvgIpc) is 3.36. The first-order valence-electron chi connectivity index (χ1n) is 8.21. The Balaban J connectivity index is 1.38. The molecule has 0 bridgehead atoms. The minimum absolute atomic E-state index is 0.132. The molecule has 4 rings (SSSR count). The molecule has 0 spiro atoms. The molecule has 0 N–H and O–H groups in total. The van der Waals surface area contributed by atoms with Crippen molar-refractivity contribution in [2.24, 2.45) is 13.0 Å². The number of sulfone groups is 1. The molecule has 1 aliphatic rings. The van der Waals surface area contributed by atoms with Gasteiger partial charge in [0, 0.05) is 25.3 Å². The van der Waals surface area contributed by atoms with Crippen molar-refractivity contribution in [3.8, 4) is 11.5 Å². The second kappa shape index (κ2) is 6.92.